The van der Waals surface area contributed by atoms with Crippen molar-refractivity contribution in [2.45, 2.75) is 13.5 Å². The molecule has 0 saturated heterocycles. The van der Waals surface area contributed by atoms with Gasteiger partial charge in [0.25, 0.3) is 5.56 Å². The minimum Gasteiger partial charge on any atom is -0.476 e. The van der Waals surface area contributed by atoms with E-state index in [2.05, 4.69) is 15.3 Å². The summed E-state index contributed by atoms with van der Waals surface area (Å²) in [5, 5.41) is 17.8. The summed E-state index contributed by atoms with van der Waals surface area (Å²) >= 11 is 1.38. The lowest BCUT2D eigenvalue weighted by Gasteiger charge is -2.01. The second-order valence-electron chi connectivity index (χ2n) is 4.19. The number of thiazole rings is 1. The van der Waals surface area contributed by atoms with E-state index in [-0.39, 0.29) is 17.8 Å². The van der Waals surface area contributed by atoms with Crippen LogP contribution in [0.25, 0.3) is 4.96 Å². The lowest BCUT2D eigenvalue weighted by molar-refractivity contribution is 0.0690. The maximum atomic E-state index is 12.0. The molecule has 0 radical (unpaired) electrons. The van der Waals surface area contributed by atoms with Crippen LogP contribution in [0.5, 0.6) is 0 Å². The molecule has 0 amide bonds. The van der Waals surface area contributed by atoms with E-state index in [1.54, 1.807) is 0 Å². The summed E-state index contributed by atoms with van der Waals surface area (Å²) in [7, 11) is 0. The molecule has 0 aliphatic carbocycles. The molecule has 20 heavy (non-hydrogen) atoms. The molecule has 0 unspecified atom stereocenters. The fraction of sp³-hybridized carbons (Fsp3) is 0.182. The Bertz CT molecular complexity index is 862. The van der Waals surface area contributed by atoms with Crippen LogP contribution in [0, 0.1) is 6.92 Å². The lowest BCUT2D eigenvalue weighted by atomic mass is 10.4. The van der Waals surface area contributed by atoms with Crippen LogP contribution in [0.3, 0.4) is 0 Å². The van der Waals surface area contributed by atoms with Crippen LogP contribution in [0.2, 0.25) is 0 Å². The van der Waals surface area contributed by atoms with Gasteiger partial charge in [0, 0.05) is 17.1 Å². The molecule has 0 aliphatic heterocycles. The number of carboxylic acid groups (broad SMARTS) is 1. The van der Waals surface area contributed by atoms with Crippen molar-refractivity contribution < 1.29 is 9.90 Å². The Morgan fingerprint density at radius 3 is 3.00 bits per heavy atom. The lowest BCUT2D eigenvalue weighted by Crippen LogP contribution is -2.16. The van der Waals surface area contributed by atoms with E-state index in [9.17, 15) is 9.59 Å². The van der Waals surface area contributed by atoms with Crippen molar-refractivity contribution in [1.82, 2.24) is 24.4 Å². The molecule has 9 heteroatoms. The zero-order valence-corrected chi connectivity index (χ0v) is 11.2. The molecule has 0 spiro atoms. The standard InChI is InChI=1S/C11H9N5O3S/c1-6-5-20-11-12-7(2-9(17)16(6)11)3-15-4-8(10(18)19)13-14-15/h2,4-5H,3H2,1H3,(H,18,19). The Morgan fingerprint density at radius 2 is 2.30 bits per heavy atom. The van der Waals surface area contributed by atoms with Crippen molar-refractivity contribution in [3.8, 4) is 0 Å². The summed E-state index contributed by atoms with van der Waals surface area (Å²) in [6.45, 7) is 2.03. The number of hydrogen-bond donors (Lipinski definition) is 1. The highest BCUT2D eigenvalue weighted by Crippen LogP contribution is 2.11. The average molecular weight is 291 g/mol. The van der Waals surface area contributed by atoms with Gasteiger partial charge in [-0.25, -0.2) is 14.5 Å². The first-order valence-electron chi connectivity index (χ1n) is 5.65. The summed E-state index contributed by atoms with van der Waals surface area (Å²) in [5.74, 6) is -1.14. The highest BCUT2D eigenvalue weighted by atomic mass is 32.1. The Labute approximate surface area is 115 Å². The first-order valence-corrected chi connectivity index (χ1v) is 6.53. The Morgan fingerprint density at radius 1 is 1.50 bits per heavy atom. The first-order chi connectivity index (χ1) is 9.54. The SMILES string of the molecule is Cc1csc2nc(Cn3cc(C(=O)O)nn3)cc(=O)n12. The van der Waals surface area contributed by atoms with Crippen LogP contribution in [-0.4, -0.2) is 35.5 Å². The van der Waals surface area contributed by atoms with E-state index >= 15 is 0 Å². The fourth-order valence-corrected chi connectivity index (χ4v) is 2.71. The summed E-state index contributed by atoms with van der Waals surface area (Å²) in [5.41, 5.74) is 1.04. The van der Waals surface area contributed by atoms with Gasteiger partial charge >= 0.3 is 5.97 Å². The molecule has 0 aliphatic rings. The van der Waals surface area contributed by atoms with Gasteiger partial charge in [-0.1, -0.05) is 5.21 Å². The predicted molar refractivity (Wildman–Crippen MR) is 70.2 cm³/mol. The van der Waals surface area contributed by atoms with Gasteiger partial charge in [0.2, 0.25) is 0 Å². The van der Waals surface area contributed by atoms with E-state index < -0.39 is 5.97 Å². The summed E-state index contributed by atoms with van der Waals surface area (Å²) in [6, 6.07) is 1.41. The first kappa shape index (κ1) is 12.5. The molecule has 0 fully saturated rings. The number of carbonyl (C=O) groups is 1. The number of rotatable bonds is 3. The van der Waals surface area contributed by atoms with E-state index in [1.807, 2.05) is 12.3 Å². The normalized spacial score (nSPS) is 11.1. The second-order valence-corrected chi connectivity index (χ2v) is 5.02. The van der Waals surface area contributed by atoms with Gasteiger partial charge in [-0.15, -0.1) is 16.4 Å². The maximum absolute atomic E-state index is 12.0. The zero-order valence-electron chi connectivity index (χ0n) is 10.3. The molecule has 1 N–H and O–H groups in total. The number of aromatic nitrogens is 5. The van der Waals surface area contributed by atoms with Gasteiger partial charge in [0.1, 0.15) is 0 Å². The van der Waals surface area contributed by atoms with Crippen molar-refractivity contribution >= 4 is 22.3 Å². The van der Waals surface area contributed by atoms with E-state index in [0.717, 1.165) is 5.69 Å². The number of nitrogens with zero attached hydrogens (tertiary/aromatic N) is 5. The maximum Gasteiger partial charge on any atom is 0.358 e. The minimum absolute atomic E-state index is 0.144. The van der Waals surface area contributed by atoms with Gasteiger partial charge in [0.15, 0.2) is 10.7 Å². The zero-order chi connectivity index (χ0) is 14.3. The van der Waals surface area contributed by atoms with Gasteiger partial charge in [0.05, 0.1) is 18.4 Å². The predicted octanol–water partition coefficient (Wildman–Crippen LogP) is 0.402. The van der Waals surface area contributed by atoms with Crippen molar-refractivity contribution in [2.24, 2.45) is 0 Å². The van der Waals surface area contributed by atoms with Crippen molar-refractivity contribution in [2.75, 3.05) is 0 Å². The van der Waals surface area contributed by atoms with Gasteiger partial charge in [-0.05, 0) is 6.92 Å². The summed E-state index contributed by atoms with van der Waals surface area (Å²) < 4.78 is 2.86. The van der Waals surface area contributed by atoms with Crippen LogP contribution < -0.4 is 5.56 Å². The van der Waals surface area contributed by atoms with Gasteiger partial charge < -0.3 is 5.11 Å². The quantitative estimate of drug-likeness (QED) is 0.749. The molecular weight excluding hydrogens is 282 g/mol. The Balaban J connectivity index is 1.98. The van der Waals surface area contributed by atoms with Crippen LogP contribution in [0.1, 0.15) is 21.9 Å². The summed E-state index contributed by atoms with van der Waals surface area (Å²) in [6.07, 6.45) is 1.30. The smallest absolute Gasteiger partial charge is 0.358 e. The van der Waals surface area contributed by atoms with Crippen LogP contribution in [0.15, 0.2) is 22.4 Å². The van der Waals surface area contributed by atoms with Gasteiger partial charge in [-0.3, -0.25) is 9.20 Å². The van der Waals surface area contributed by atoms with Crippen LogP contribution in [0.4, 0.5) is 0 Å². The van der Waals surface area contributed by atoms with E-state index in [1.165, 1.54) is 32.7 Å². The molecule has 0 atom stereocenters. The Kier molecular flexibility index (Phi) is 2.83. The molecule has 0 aromatic carbocycles. The largest absolute Gasteiger partial charge is 0.476 e. The topological polar surface area (TPSA) is 102 Å². The molecule has 102 valence electrons. The second kappa shape index (κ2) is 4.53. The van der Waals surface area contributed by atoms with E-state index in [0.29, 0.717) is 10.7 Å². The molecular formula is C11H9N5O3S. The molecule has 3 heterocycles. The van der Waals surface area contributed by atoms with Crippen LogP contribution >= 0.6 is 11.3 Å². The van der Waals surface area contributed by atoms with E-state index in [4.69, 9.17) is 5.11 Å². The third-order valence-corrected chi connectivity index (χ3v) is 3.65. The molecule has 3 aromatic heterocycles. The number of fused-ring (bicyclic) bond motifs is 1. The average Bonchev–Trinajstić information content (AvgIpc) is 2.97. The minimum atomic E-state index is -1.14. The fourth-order valence-electron chi connectivity index (χ4n) is 1.82. The number of carboxylic acids is 1. The highest BCUT2D eigenvalue weighted by Gasteiger charge is 2.10. The third kappa shape index (κ3) is 2.07. The van der Waals surface area contributed by atoms with Crippen LogP contribution in [-0.2, 0) is 6.54 Å². The molecule has 3 aromatic rings. The van der Waals surface area contributed by atoms with Crippen molar-refractivity contribution in [3.63, 3.8) is 0 Å². The summed E-state index contributed by atoms with van der Waals surface area (Å²) in [4.78, 5) is 27.6. The molecule has 0 bridgehead atoms. The monoisotopic (exact) mass is 291 g/mol. The van der Waals surface area contributed by atoms with Gasteiger partial charge in [-0.2, -0.15) is 0 Å². The third-order valence-electron chi connectivity index (χ3n) is 2.71. The molecule has 8 nitrogen and oxygen atoms in total. The van der Waals surface area contributed by atoms with Crippen molar-refractivity contribution in [1.29, 1.82) is 0 Å². The molecule has 3 rings (SSSR count). The Hall–Kier alpha value is -2.55. The highest BCUT2D eigenvalue weighted by molar-refractivity contribution is 7.15. The molecule has 0 saturated carbocycles. The number of aryl methyl sites for hydroxylation is 1. The number of hydrogen-bond acceptors (Lipinski definition) is 6. The number of aromatic carboxylic acids is 1. The van der Waals surface area contributed by atoms with Crippen molar-refractivity contribution in [3.05, 3.63) is 45.1 Å².